The van der Waals surface area contributed by atoms with E-state index in [1.165, 1.54) is 11.6 Å². The van der Waals surface area contributed by atoms with Gasteiger partial charge in [-0.15, -0.1) is 0 Å². The molecule has 0 radical (unpaired) electrons. The topological polar surface area (TPSA) is 58.3 Å². The van der Waals surface area contributed by atoms with E-state index in [0.29, 0.717) is 11.8 Å². The summed E-state index contributed by atoms with van der Waals surface area (Å²) in [5.41, 5.74) is 3.67. The lowest BCUT2D eigenvalue weighted by Crippen LogP contribution is -2.26. The summed E-state index contributed by atoms with van der Waals surface area (Å²) in [4.78, 5) is 4.60. The molecule has 1 aliphatic rings. The highest BCUT2D eigenvalue weighted by atomic mass is 16.3. The van der Waals surface area contributed by atoms with Crippen LogP contribution in [0.5, 0.6) is 0 Å². The maximum atomic E-state index is 9.25. The molecule has 0 aliphatic carbocycles. The molecule has 1 aliphatic heterocycles. The van der Waals surface area contributed by atoms with Crippen molar-refractivity contribution in [1.29, 1.82) is 0 Å². The van der Waals surface area contributed by atoms with Gasteiger partial charge in [-0.25, -0.2) is 4.98 Å². The third-order valence-electron chi connectivity index (χ3n) is 4.22. The van der Waals surface area contributed by atoms with E-state index in [2.05, 4.69) is 35.6 Å². The van der Waals surface area contributed by atoms with Crippen LogP contribution in [0.3, 0.4) is 0 Å². The Bertz CT molecular complexity index is 808. The summed E-state index contributed by atoms with van der Waals surface area (Å²) in [6.45, 7) is 9.29. The molecule has 24 heavy (non-hydrogen) atoms. The number of hydrogen-bond acceptors (Lipinski definition) is 4. The molecular weight excluding hydrogens is 300 g/mol. The van der Waals surface area contributed by atoms with Crippen molar-refractivity contribution in [3.05, 3.63) is 72.9 Å². The highest BCUT2D eigenvalue weighted by Crippen LogP contribution is 2.29. The summed E-state index contributed by atoms with van der Waals surface area (Å²) in [6, 6.07) is 6.25. The molecule has 124 valence electrons. The molecular formula is C20H22N2O2. The van der Waals surface area contributed by atoms with E-state index < -0.39 is 0 Å². The van der Waals surface area contributed by atoms with Crippen LogP contribution in [0.1, 0.15) is 30.2 Å². The minimum absolute atomic E-state index is 0.0192. The molecule has 1 saturated heterocycles. The van der Waals surface area contributed by atoms with Crippen LogP contribution in [0.15, 0.2) is 65.8 Å². The average Bonchev–Trinajstić information content (AvgIpc) is 3.02. The third-order valence-corrected chi connectivity index (χ3v) is 4.22. The summed E-state index contributed by atoms with van der Waals surface area (Å²) in [7, 11) is 0. The molecule has 3 rings (SSSR count). The van der Waals surface area contributed by atoms with Crippen molar-refractivity contribution in [2.45, 2.75) is 18.8 Å². The van der Waals surface area contributed by atoms with Crippen LogP contribution < -0.4 is 5.32 Å². The number of fused-ring (bicyclic) bond motifs is 1. The molecule has 4 nitrogen and oxygen atoms in total. The van der Waals surface area contributed by atoms with E-state index in [0.717, 1.165) is 42.6 Å². The predicted molar refractivity (Wildman–Crippen MR) is 97.9 cm³/mol. The zero-order valence-corrected chi connectivity index (χ0v) is 13.7. The van der Waals surface area contributed by atoms with Crippen molar-refractivity contribution in [2.75, 3.05) is 13.1 Å². The Morgan fingerprint density at radius 1 is 1.29 bits per heavy atom. The van der Waals surface area contributed by atoms with Crippen molar-refractivity contribution >= 4 is 16.7 Å². The van der Waals surface area contributed by atoms with E-state index in [-0.39, 0.29) is 5.76 Å². The second-order valence-electron chi connectivity index (χ2n) is 5.95. The van der Waals surface area contributed by atoms with Gasteiger partial charge in [-0.05, 0) is 61.7 Å². The van der Waals surface area contributed by atoms with E-state index in [4.69, 9.17) is 4.42 Å². The summed E-state index contributed by atoms with van der Waals surface area (Å²) in [5, 5.41) is 12.6. The minimum Gasteiger partial charge on any atom is -0.509 e. The Morgan fingerprint density at radius 2 is 2.08 bits per heavy atom. The number of rotatable bonds is 5. The zero-order chi connectivity index (χ0) is 16.9. The SMILES string of the molecule is C=C/C=C(\C=C/C(=C)O)c1nc2cc(C3CCNCC3)ccc2o1. The summed E-state index contributed by atoms with van der Waals surface area (Å²) in [5.74, 6) is 1.07. The van der Waals surface area contributed by atoms with Crippen LogP contribution in [0, 0.1) is 0 Å². The van der Waals surface area contributed by atoms with Crippen LogP contribution in [-0.2, 0) is 0 Å². The number of allylic oxidation sites excluding steroid dienone is 5. The highest BCUT2D eigenvalue weighted by Gasteiger charge is 2.17. The predicted octanol–water partition coefficient (Wildman–Crippen LogP) is 4.49. The van der Waals surface area contributed by atoms with Crippen molar-refractivity contribution in [3.63, 3.8) is 0 Å². The summed E-state index contributed by atoms with van der Waals surface area (Å²) < 4.78 is 5.86. The van der Waals surface area contributed by atoms with Gasteiger partial charge >= 0.3 is 0 Å². The molecule has 1 aromatic heterocycles. The number of oxazole rings is 1. The maximum absolute atomic E-state index is 9.25. The standard InChI is InChI=1S/C20H22N2O2/c1-3-4-16(6-5-14(2)23)20-22-18-13-17(7-8-19(18)24-20)15-9-11-21-12-10-15/h3-8,13,15,21,23H,1-2,9-12H2/b6-5-,16-4+. The van der Waals surface area contributed by atoms with Crippen molar-refractivity contribution in [2.24, 2.45) is 0 Å². The number of hydrogen-bond donors (Lipinski definition) is 2. The fourth-order valence-electron chi connectivity index (χ4n) is 2.99. The molecule has 2 N–H and O–H groups in total. The first kappa shape index (κ1) is 16.3. The van der Waals surface area contributed by atoms with Gasteiger partial charge in [0.1, 0.15) is 11.3 Å². The number of aliphatic hydroxyl groups is 1. The lowest BCUT2D eigenvalue weighted by Gasteiger charge is -2.22. The lowest BCUT2D eigenvalue weighted by atomic mass is 9.90. The Kier molecular flexibility index (Phi) is 4.96. The number of benzene rings is 1. The van der Waals surface area contributed by atoms with Crippen LogP contribution in [0.25, 0.3) is 16.7 Å². The molecule has 4 heteroatoms. The van der Waals surface area contributed by atoms with Gasteiger partial charge in [0.25, 0.3) is 0 Å². The van der Waals surface area contributed by atoms with Gasteiger partial charge in [-0.2, -0.15) is 0 Å². The minimum atomic E-state index is -0.0192. The van der Waals surface area contributed by atoms with Crippen molar-refractivity contribution in [1.82, 2.24) is 10.3 Å². The molecule has 2 heterocycles. The van der Waals surface area contributed by atoms with Gasteiger partial charge < -0.3 is 14.8 Å². The van der Waals surface area contributed by atoms with Crippen LogP contribution in [0.4, 0.5) is 0 Å². The van der Waals surface area contributed by atoms with Crippen LogP contribution >= 0.6 is 0 Å². The number of nitrogens with zero attached hydrogens (tertiary/aromatic N) is 1. The fraction of sp³-hybridized carbons (Fsp3) is 0.250. The molecule has 0 atom stereocenters. The first-order valence-electron chi connectivity index (χ1n) is 8.17. The number of nitrogens with one attached hydrogen (secondary N) is 1. The largest absolute Gasteiger partial charge is 0.509 e. The average molecular weight is 322 g/mol. The van der Waals surface area contributed by atoms with Crippen LogP contribution in [0.2, 0.25) is 0 Å². The Balaban J connectivity index is 1.93. The zero-order valence-electron chi connectivity index (χ0n) is 13.7. The first-order valence-corrected chi connectivity index (χ1v) is 8.17. The summed E-state index contributed by atoms with van der Waals surface area (Å²) >= 11 is 0. The quantitative estimate of drug-likeness (QED) is 0.629. The van der Waals surface area contributed by atoms with Gasteiger partial charge in [0, 0.05) is 5.57 Å². The molecule has 0 bridgehead atoms. The van der Waals surface area contributed by atoms with Gasteiger partial charge in [-0.3, -0.25) is 0 Å². The molecule has 1 aromatic carbocycles. The van der Waals surface area contributed by atoms with Gasteiger partial charge in [0.2, 0.25) is 5.89 Å². The maximum Gasteiger partial charge on any atom is 0.227 e. The molecule has 1 fully saturated rings. The van der Waals surface area contributed by atoms with Gasteiger partial charge in [0.15, 0.2) is 5.58 Å². The summed E-state index contributed by atoms with van der Waals surface area (Å²) in [6.07, 6.45) is 8.97. The Labute approximate surface area is 141 Å². The molecule has 0 spiro atoms. The normalized spacial score (nSPS) is 16.8. The molecule has 0 saturated carbocycles. The van der Waals surface area contributed by atoms with E-state index in [1.54, 1.807) is 18.2 Å². The second kappa shape index (κ2) is 7.32. The monoisotopic (exact) mass is 322 g/mol. The van der Waals surface area contributed by atoms with Crippen molar-refractivity contribution in [3.8, 4) is 0 Å². The van der Waals surface area contributed by atoms with Crippen molar-refractivity contribution < 1.29 is 9.52 Å². The van der Waals surface area contributed by atoms with E-state index in [1.807, 2.05) is 6.07 Å². The van der Waals surface area contributed by atoms with Crippen LogP contribution in [-0.4, -0.2) is 23.2 Å². The molecule has 0 unspecified atom stereocenters. The smallest absolute Gasteiger partial charge is 0.227 e. The number of aliphatic hydroxyl groups excluding tert-OH is 1. The third kappa shape index (κ3) is 3.66. The first-order chi connectivity index (χ1) is 11.7. The molecule has 0 amide bonds. The molecule has 2 aromatic rings. The van der Waals surface area contributed by atoms with Gasteiger partial charge in [-0.1, -0.05) is 31.4 Å². The second-order valence-corrected chi connectivity index (χ2v) is 5.95. The van der Waals surface area contributed by atoms with E-state index >= 15 is 0 Å². The Morgan fingerprint density at radius 3 is 2.79 bits per heavy atom. The number of piperidine rings is 1. The van der Waals surface area contributed by atoms with E-state index in [9.17, 15) is 5.11 Å². The van der Waals surface area contributed by atoms with Gasteiger partial charge in [0.05, 0.1) is 0 Å². The number of aromatic nitrogens is 1. The Hall–Kier alpha value is -2.59. The lowest BCUT2D eigenvalue weighted by molar-refractivity contribution is 0.435. The highest BCUT2D eigenvalue weighted by molar-refractivity contribution is 5.79. The fourth-order valence-corrected chi connectivity index (χ4v) is 2.99.